The number of allylic oxidation sites excluding steroid dienone is 2. The van der Waals surface area contributed by atoms with Gasteiger partial charge in [-0.2, -0.15) is 0 Å². The topological polar surface area (TPSA) is 70.3 Å². The summed E-state index contributed by atoms with van der Waals surface area (Å²) in [6.07, 6.45) is 8.97. The molecule has 0 spiro atoms. The first-order valence-electron chi connectivity index (χ1n) is 9.07. The molecular weight excluding hydrogens is 370 g/mol. The van der Waals surface area contributed by atoms with Crippen LogP contribution in [0.5, 0.6) is 11.5 Å². The van der Waals surface area contributed by atoms with Crippen LogP contribution in [-0.2, 0) is 5.41 Å². The molecule has 0 bridgehead atoms. The van der Waals surface area contributed by atoms with Gasteiger partial charge in [0.15, 0.2) is 11.5 Å². The van der Waals surface area contributed by atoms with E-state index in [-0.39, 0.29) is 5.41 Å². The molecule has 0 amide bonds. The second-order valence-electron chi connectivity index (χ2n) is 7.51. The third-order valence-electron chi connectivity index (χ3n) is 5.04. The van der Waals surface area contributed by atoms with Crippen LogP contribution in [0.15, 0.2) is 36.2 Å². The Morgan fingerprint density at radius 2 is 1.89 bits per heavy atom. The number of nitrogen functional groups attached to an aromatic ring is 1. The lowest BCUT2D eigenvalue weighted by atomic mass is 9.77. The van der Waals surface area contributed by atoms with E-state index in [1.807, 2.05) is 18.2 Å². The fourth-order valence-electron chi connectivity index (χ4n) is 3.71. The number of fused-ring (bicyclic) bond motifs is 3. The first-order valence-corrected chi connectivity index (χ1v) is 9.88. The number of thiophene rings is 1. The van der Waals surface area contributed by atoms with Gasteiger partial charge in [0.05, 0.1) is 19.6 Å². The monoisotopic (exact) mass is 393 g/mol. The summed E-state index contributed by atoms with van der Waals surface area (Å²) >= 11 is 1.72. The maximum absolute atomic E-state index is 6.17. The third-order valence-corrected chi connectivity index (χ3v) is 6.52. The molecule has 0 unspecified atom stereocenters. The average molecular weight is 394 g/mol. The van der Waals surface area contributed by atoms with Crippen molar-refractivity contribution in [3.05, 3.63) is 52.2 Å². The predicted molar refractivity (Wildman–Crippen MR) is 116 cm³/mol. The van der Waals surface area contributed by atoms with Crippen molar-refractivity contribution < 1.29 is 9.47 Å². The number of anilines is 1. The third kappa shape index (κ3) is 3.14. The Morgan fingerprint density at radius 1 is 1.11 bits per heavy atom. The number of nitrogens with two attached hydrogens (primary N) is 1. The van der Waals surface area contributed by atoms with Crippen LogP contribution in [0.4, 0.5) is 5.82 Å². The van der Waals surface area contributed by atoms with Crippen LogP contribution in [-0.4, -0.2) is 24.2 Å². The molecule has 0 radical (unpaired) electrons. The highest BCUT2D eigenvalue weighted by Crippen LogP contribution is 2.47. The number of aromatic nitrogens is 2. The Kier molecular flexibility index (Phi) is 4.59. The molecule has 2 aromatic heterocycles. The van der Waals surface area contributed by atoms with Crippen LogP contribution in [0.2, 0.25) is 0 Å². The highest BCUT2D eigenvalue weighted by molar-refractivity contribution is 7.19. The summed E-state index contributed by atoms with van der Waals surface area (Å²) in [5.74, 6) is 1.99. The Labute approximate surface area is 168 Å². The van der Waals surface area contributed by atoms with Crippen molar-refractivity contribution >= 4 is 39.5 Å². The molecule has 0 aliphatic heterocycles. The highest BCUT2D eigenvalue weighted by Gasteiger charge is 2.32. The molecule has 6 heteroatoms. The van der Waals surface area contributed by atoms with Gasteiger partial charge in [-0.3, -0.25) is 0 Å². The normalized spacial score (nSPS) is 15.5. The summed E-state index contributed by atoms with van der Waals surface area (Å²) in [6.45, 7) is 4.53. The number of ether oxygens (including phenoxy) is 2. The van der Waals surface area contributed by atoms with Crippen molar-refractivity contribution in [2.45, 2.75) is 25.7 Å². The molecule has 1 aromatic carbocycles. The lowest BCUT2D eigenvalue weighted by molar-refractivity contribution is 0.355. The standard InChI is InChI=1S/C22H23N3O2S/c1-22(2)11-14(6-5-13-7-8-16(26-3)17(10-13)27-4)9-15-18-20(23)24-12-25-21(18)28-19(15)22/h5-10,12H,11H2,1-4H3,(H2,23,24,25)/b6-5+. The number of hydrogen-bond acceptors (Lipinski definition) is 6. The van der Waals surface area contributed by atoms with Gasteiger partial charge in [0.25, 0.3) is 0 Å². The molecule has 5 nitrogen and oxygen atoms in total. The van der Waals surface area contributed by atoms with Crippen LogP contribution in [0.3, 0.4) is 0 Å². The molecule has 3 aromatic rings. The Bertz CT molecular complexity index is 1110. The van der Waals surface area contributed by atoms with Crippen molar-refractivity contribution in [3.63, 3.8) is 0 Å². The lowest BCUT2D eigenvalue weighted by Gasteiger charge is -2.29. The molecule has 2 heterocycles. The van der Waals surface area contributed by atoms with Crippen LogP contribution < -0.4 is 15.2 Å². The van der Waals surface area contributed by atoms with Gasteiger partial charge in [-0.1, -0.05) is 32.1 Å². The maximum atomic E-state index is 6.17. The molecule has 1 aliphatic carbocycles. The number of hydrogen-bond donors (Lipinski definition) is 1. The summed E-state index contributed by atoms with van der Waals surface area (Å²) < 4.78 is 10.7. The van der Waals surface area contributed by atoms with Crippen LogP contribution in [0.1, 0.15) is 36.3 Å². The van der Waals surface area contributed by atoms with Gasteiger partial charge < -0.3 is 15.2 Å². The highest BCUT2D eigenvalue weighted by atomic mass is 32.1. The van der Waals surface area contributed by atoms with Crippen molar-refractivity contribution in [2.24, 2.45) is 0 Å². The van der Waals surface area contributed by atoms with Gasteiger partial charge >= 0.3 is 0 Å². The second-order valence-corrected chi connectivity index (χ2v) is 8.51. The largest absolute Gasteiger partial charge is 0.493 e. The smallest absolute Gasteiger partial charge is 0.161 e. The molecule has 144 valence electrons. The quantitative estimate of drug-likeness (QED) is 0.670. The summed E-state index contributed by atoms with van der Waals surface area (Å²) in [6, 6.07) is 5.91. The van der Waals surface area contributed by atoms with Crippen LogP contribution in [0.25, 0.3) is 22.4 Å². The van der Waals surface area contributed by atoms with E-state index >= 15 is 0 Å². The predicted octanol–water partition coefficient (Wildman–Crippen LogP) is 5.07. The second kappa shape index (κ2) is 6.95. The van der Waals surface area contributed by atoms with E-state index in [0.717, 1.165) is 39.3 Å². The van der Waals surface area contributed by atoms with Gasteiger partial charge in [-0.05, 0) is 35.8 Å². The summed E-state index contributed by atoms with van der Waals surface area (Å²) in [5.41, 5.74) is 9.63. The first kappa shape index (κ1) is 18.5. The van der Waals surface area contributed by atoms with E-state index in [0.29, 0.717) is 5.82 Å². The molecule has 1 aliphatic rings. The minimum absolute atomic E-state index is 0.0131. The van der Waals surface area contributed by atoms with Crippen molar-refractivity contribution in [1.82, 2.24) is 9.97 Å². The van der Waals surface area contributed by atoms with Crippen molar-refractivity contribution in [3.8, 4) is 11.5 Å². The van der Waals surface area contributed by atoms with Crippen molar-refractivity contribution in [1.29, 1.82) is 0 Å². The van der Waals surface area contributed by atoms with E-state index in [1.165, 1.54) is 16.8 Å². The van der Waals surface area contributed by atoms with Gasteiger partial charge in [0.1, 0.15) is 17.0 Å². The zero-order valence-electron chi connectivity index (χ0n) is 16.4. The SMILES string of the molecule is COc1ccc(/C=C/C2=Cc3c(sc4ncnc(N)c34)C(C)(C)C2)cc1OC. The van der Waals surface area contributed by atoms with Crippen LogP contribution >= 0.6 is 11.3 Å². The zero-order chi connectivity index (χ0) is 19.9. The molecule has 0 saturated heterocycles. The molecular formula is C22H23N3O2S. The lowest BCUT2D eigenvalue weighted by Crippen LogP contribution is -2.20. The van der Waals surface area contributed by atoms with E-state index in [2.05, 4.69) is 42.0 Å². The van der Waals surface area contributed by atoms with E-state index < -0.39 is 0 Å². The van der Waals surface area contributed by atoms with Gasteiger partial charge in [-0.25, -0.2) is 9.97 Å². The summed E-state index contributed by atoms with van der Waals surface area (Å²) in [5, 5.41) is 0.965. The molecule has 0 fully saturated rings. The Morgan fingerprint density at radius 3 is 2.64 bits per heavy atom. The van der Waals surface area contributed by atoms with Gasteiger partial charge in [0, 0.05) is 15.9 Å². The van der Waals surface area contributed by atoms with Crippen LogP contribution in [0, 0.1) is 0 Å². The number of nitrogens with zero attached hydrogens (tertiary/aromatic N) is 2. The molecule has 28 heavy (non-hydrogen) atoms. The minimum Gasteiger partial charge on any atom is -0.493 e. The fraction of sp³-hybridized carbons (Fsp3) is 0.273. The maximum Gasteiger partial charge on any atom is 0.161 e. The molecule has 0 atom stereocenters. The first-order chi connectivity index (χ1) is 13.4. The van der Waals surface area contributed by atoms with E-state index in [9.17, 15) is 0 Å². The molecule has 2 N–H and O–H groups in total. The number of methoxy groups -OCH3 is 2. The fourth-order valence-corrected chi connectivity index (χ4v) is 4.94. The molecule has 0 saturated carbocycles. The van der Waals surface area contributed by atoms with Crippen molar-refractivity contribution in [2.75, 3.05) is 20.0 Å². The minimum atomic E-state index is 0.0131. The van der Waals surface area contributed by atoms with Gasteiger partial charge in [0.2, 0.25) is 0 Å². The Hall–Kier alpha value is -2.86. The number of benzene rings is 1. The van der Waals surface area contributed by atoms with E-state index in [4.69, 9.17) is 15.2 Å². The van der Waals surface area contributed by atoms with Gasteiger partial charge in [-0.15, -0.1) is 11.3 Å². The zero-order valence-corrected chi connectivity index (χ0v) is 17.3. The molecule has 4 rings (SSSR count). The van der Waals surface area contributed by atoms with E-state index in [1.54, 1.807) is 25.6 Å². The summed E-state index contributed by atoms with van der Waals surface area (Å²) in [7, 11) is 3.29. The number of rotatable bonds is 4. The Balaban J connectivity index is 1.75. The summed E-state index contributed by atoms with van der Waals surface area (Å²) in [4.78, 5) is 10.9. The average Bonchev–Trinajstić information content (AvgIpc) is 3.07.